The van der Waals surface area contributed by atoms with Gasteiger partial charge in [0.15, 0.2) is 12.7 Å². The molecule has 4 rings (SSSR count). The van der Waals surface area contributed by atoms with Crippen molar-refractivity contribution in [2.24, 2.45) is 0 Å². The molecule has 2 N–H and O–H groups in total. The molecule has 2 amide bonds. The van der Waals surface area contributed by atoms with Gasteiger partial charge in [-0.2, -0.15) is 0 Å². The largest absolute Gasteiger partial charge is 0.507 e. The van der Waals surface area contributed by atoms with E-state index in [-0.39, 0.29) is 17.4 Å². The highest BCUT2D eigenvalue weighted by Gasteiger charge is 2.40. The lowest BCUT2D eigenvalue weighted by Gasteiger charge is -2.28. The predicted molar refractivity (Wildman–Crippen MR) is 200 cm³/mol. The number of hydrogen-bond donors (Lipinski definition) is 2. The number of benzene rings is 3. The lowest BCUT2D eigenvalue weighted by molar-refractivity contribution is -0.160. The van der Waals surface area contributed by atoms with Gasteiger partial charge in [-0.05, 0) is 79.6 Å². The third-order valence-electron chi connectivity index (χ3n) is 7.96. The van der Waals surface area contributed by atoms with Crippen LogP contribution in [0.5, 0.6) is 11.5 Å². The van der Waals surface area contributed by atoms with E-state index in [0.717, 1.165) is 26.5 Å². The molecule has 0 spiro atoms. The van der Waals surface area contributed by atoms with Crippen LogP contribution in [-0.2, 0) is 41.1 Å². The zero-order chi connectivity index (χ0) is 38.1. The fraction of sp³-hybridized carbons (Fsp3) is 0.475. The van der Waals surface area contributed by atoms with Crippen molar-refractivity contribution in [2.75, 3.05) is 23.9 Å². The summed E-state index contributed by atoms with van der Waals surface area (Å²) in [6.07, 6.45) is -0.905. The van der Waals surface area contributed by atoms with Gasteiger partial charge in [0.1, 0.15) is 17.1 Å². The van der Waals surface area contributed by atoms with Crippen molar-refractivity contribution < 1.29 is 38.4 Å². The molecule has 51 heavy (non-hydrogen) atoms. The molecule has 0 bridgehead atoms. The molecule has 0 aromatic heterocycles. The molecule has 1 aliphatic heterocycles. The molecule has 276 valence electrons. The van der Waals surface area contributed by atoms with E-state index in [9.17, 15) is 19.5 Å². The highest BCUT2D eigenvalue weighted by atomic mass is 32.2. The second kappa shape index (κ2) is 14.8. The van der Waals surface area contributed by atoms with Crippen LogP contribution in [0.4, 0.5) is 16.2 Å². The van der Waals surface area contributed by atoms with Crippen LogP contribution < -0.4 is 15.0 Å². The molecule has 10 nitrogen and oxygen atoms in total. The smallest absolute Gasteiger partial charge is 0.414 e. The maximum atomic E-state index is 13.2. The number of anilines is 2. The number of carbonyl (C=O) groups is 3. The van der Waals surface area contributed by atoms with Crippen molar-refractivity contribution in [2.45, 2.75) is 121 Å². The monoisotopic (exact) mass is 720 g/mol. The Kier molecular flexibility index (Phi) is 11.5. The van der Waals surface area contributed by atoms with Gasteiger partial charge in [-0.25, -0.2) is 9.59 Å². The Morgan fingerprint density at radius 2 is 1.49 bits per heavy atom. The summed E-state index contributed by atoms with van der Waals surface area (Å²) < 4.78 is 22.3. The van der Waals surface area contributed by atoms with Crippen LogP contribution in [0.3, 0.4) is 0 Å². The molecular weight excluding hydrogens is 669 g/mol. The molecule has 11 heteroatoms. The van der Waals surface area contributed by atoms with Crippen molar-refractivity contribution >= 4 is 41.1 Å². The maximum Gasteiger partial charge on any atom is 0.414 e. The van der Waals surface area contributed by atoms with Gasteiger partial charge in [0, 0.05) is 48.2 Å². The van der Waals surface area contributed by atoms with Crippen molar-refractivity contribution in [3.8, 4) is 11.5 Å². The van der Waals surface area contributed by atoms with E-state index in [0.29, 0.717) is 29.3 Å². The summed E-state index contributed by atoms with van der Waals surface area (Å²) in [4.78, 5) is 41.6. The molecule has 3 aromatic carbocycles. The summed E-state index contributed by atoms with van der Waals surface area (Å²) in [5.41, 5.74) is 2.08. The second-order valence-electron chi connectivity index (χ2n) is 16.3. The molecule has 0 saturated carbocycles. The highest BCUT2D eigenvalue weighted by molar-refractivity contribution is 7.99. The van der Waals surface area contributed by atoms with Gasteiger partial charge < -0.3 is 29.4 Å². The fourth-order valence-electron chi connectivity index (χ4n) is 5.45. The molecule has 1 saturated heterocycles. The van der Waals surface area contributed by atoms with E-state index >= 15 is 0 Å². The van der Waals surface area contributed by atoms with Crippen LogP contribution in [0.25, 0.3) is 0 Å². The number of nitrogens with zero attached hydrogens (tertiary/aromatic N) is 1. The quantitative estimate of drug-likeness (QED) is 0.209. The number of esters is 1. The number of cyclic esters (lactones) is 1. The van der Waals surface area contributed by atoms with Gasteiger partial charge in [0.25, 0.3) is 5.91 Å². The number of rotatable bonds is 9. The number of aromatic hydroxyl groups is 1. The van der Waals surface area contributed by atoms with Crippen molar-refractivity contribution in [1.82, 2.24) is 0 Å². The molecule has 0 radical (unpaired) electrons. The SMILES string of the molecule is CN(C(=O)OC(C)(C)C)c1cc(Sc2cc(C(C)(C)C)c(O)c(C(C)(C)C)c2)ccc1NC(=O)COc1ccc(CC2OC(C)(C)OC2=O)cc1. The first kappa shape index (κ1) is 39.6. The average Bonchev–Trinajstić information content (AvgIpc) is 3.26. The normalized spacial score (nSPS) is 16.0. The minimum absolute atomic E-state index is 0.281. The van der Waals surface area contributed by atoms with Gasteiger partial charge >= 0.3 is 12.1 Å². The Labute approximate surface area is 306 Å². The molecule has 1 aliphatic rings. The van der Waals surface area contributed by atoms with E-state index in [1.807, 2.05) is 36.4 Å². The Morgan fingerprint density at radius 3 is 2.00 bits per heavy atom. The van der Waals surface area contributed by atoms with E-state index < -0.39 is 35.5 Å². The summed E-state index contributed by atoms with van der Waals surface area (Å²) >= 11 is 1.50. The lowest BCUT2D eigenvalue weighted by Crippen LogP contribution is -2.34. The van der Waals surface area contributed by atoms with Crippen LogP contribution in [0.15, 0.2) is 64.4 Å². The van der Waals surface area contributed by atoms with Gasteiger partial charge in [0.05, 0.1) is 11.4 Å². The first-order valence-electron chi connectivity index (χ1n) is 17.0. The summed E-state index contributed by atoms with van der Waals surface area (Å²) in [5.74, 6) is -0.996. The predicted octanol–water partition coefficient (Wildman–Crippen LogP) is 8.75. The Hall–Kier alpha value is -4.22. The number of ether oxygens (including phenoxy) is 4. The summed E-state index contributed by atoms with van der Waals surface area (Å²) in [7, 11) is 1.60. The molecule has 1 fully saturated rings. The Morgan fingerprint density at radius 1 is 0.902 bits per heavy atom. The standard InChI is InChI=1S/C40H52N2O8S/c1-37(2,3)28-20-27(21-29(34(28)44)38(4,5)6)51-26-17-18-30(31(22-26)42(12)36(46)50-39(7,8)9)41-33(43)23-47-25-15-13-24(14-16-25)19-32-35(45)49-40(10,11)48-32/h13-18,20-22,32,44H,19,23H2,1-12H3,(H,41,43). The number of phenols is 1. The van der Waals surface area contributed by atoms with Crippen LogP contribution >= 0.6 is 11.8 Å². The van der Waals surface area contributed by atoms with Gasteiger partial charge in [0.2, 0.25) is 5.79 Å². The minimum Gasteiger partial charge on any atom is -0.507 e. The van der Waals surface area contributed by atoms with Crippen LogP contribution in [-0.4, -0.2) is 54.2 Å². The van der Waals surface area contributed by atoms with Crippen molar-refractivity contribution in [1.29, 1.82) is 0 Å². The van der Waals surface area contributed by atoms with Gasteiger partial charge in [-0.1, -0.05) is 65.4 Å². The molecule has 1 atom stereocenters. The minimum atomic E-state index is -0.946. The molecule has 0 aliphatic carbocycles. The van der Waals surface area contributed by atoms with Crippen LogP contribution in [0.2, 0.25) is 0 Å². The third-order valence-corrected chi connectivity index (χ3v) is 8.92. The summed E-state index contributed by atoms with van der Waals surface area (Å²) in [5, 5.41) is 14.1. The zero-order valence-electron chi connectivity index (χ0n) is 31.8. The summed E-state index contributed by atoms with van der Waals surface area (Å²) in [6, 6.07) is 16.5. The average molecular weight is 721 g/mol. The number of carbonyl (C=O) groups excluding carboxylic acids is 3. The van der Waals surface area contributed by atoms with E-state index in [2.05, 4.69) is 46.9 Å². The summed E-state index contributed by atoms with van der Waals surface area (Å²) in [6.45, 7) is 20.9. The van der Waals surface area contributed by atoms with Crippen molar-refractivity contribution in [3.63, 3.8) is 0 Å². The number of hydrogen-bond acceptors (Lipinski definition) is 9. The highest BCUT2D eigenvalue weighted by Crippen LogP contribution is 2.44. The first-order chi connectivity index (χ1) is 23.4. The topological polar surface area (TPSA) is 124 Å². The van der Waals surface area contributed by atoms with Gasteiger partial charge in [-0.3, -0.25) is 9.69 Å². The van der Waals surface area contributed by atoms with E-state index in [1.165, 1.54) is 16.7 Å². The molecular formula is C40H52N2O8S. The van der Waals surface area contributed by atoms with Crippen LogP contribution in [0, 0.1) is 0 Å². The number of nitrogens with one attached hydrogen (secondary N) is 1. The third kappa shape index (κ3) is 10.6. The number of amides is 2. The second-order valence-corrected chi connectivity index (χ2v) is 17.4. The van der Waals surface area contributed by atoms with E-state index in [4.69, 9.17) is 18.9 Å². The zero-order valence-corrected chi connectivity index (χ0v) is 32.7. The molecule has 3 aromatic rings. The van der Waals surface area contributed by atoms with Gasteiger partial charge in [-0.15, -0.1) is 0 Å². The molecule has 1 unspecified atom stereocenters. The Bertz CT molecular complexity index is 1730. The number of phenolic OH excluding ortho intramolecular Hbond substituents is 1. The van der Waals surface area contributed by atoms with Crippen LogP contribution in [0.1, 0.15) is 92.9 Å². The first-order valence-corrected chi connectivity index (χ1v) is 17.8. The maximum absolute atomic E-state index is 13.2. The van der Waals surface area contributed by atoms with Crippen molar-refractivity contribution in [3.05, 3.63) is 71.3 Å². The fourth-order valence-corrected chi connectivity index (χ4v) is 6.38. The Balaban J connectivity index is 1.54. The lowest BCUT2D eigenvalue weighted by atomic mass is 9.79. The van der Waals surface area contributed by atoms with E-state index in [1.54, 1.807) is 59.9 Å². The molecule has 1 heterocycles.